The third-order valence-corrected chi connectivity index (χ3v) is 3.30. The summed E-state index contributed by atoms with van der Waals surface area (Å²) in [5, 5.41) is 10.2. The largest absolute Gasteiger partial charge is 0.388 e. The first-order valence-corrected chi connectivity index (χ1v) is 6.30. The molecule has 1 N–H and O–H groups in total. The molecule has 0 spiro atoms. The number of halogens is 4. The average molecular weight is 303 g/mol. The summed E-state index contributed by atoms with van der Waals surface area (Å²) >= 11 is 11.2. The summed E-state index contributed by atoms with van der Waals surface area (Å²) in [4.78, 5) is 0. The summed E-state index contributed by atoms with van der Waals surface area (Å²) in [6.07, 6.45) is -0.980. The van der Waals surface area contributed by atoms with E-state index in [1.54, 1.807) is 0 Å². The lowest BCUT2D eigenvalue weighted by atomic mass is 10.0. The van der Waals surface area contributed by atoms with Gasteiger partial charge in [-0.05, 0) is 35.4 Å². The molecule has 2 aromatic carbocycles. The van der Waals surface area contributed by atoms with Crippen LogP contribution in [0.5, 0.6) is 0 Å². The van der Waals surface area contributed by atoms with E-state index >= 15 is 0 Å². The maximum Gasteiger partial charge on any atom is 0.142 e. The summed E-state index contributed by atoms with van der Waals surface area (Å²) in [7, 11) is 0. The average Bonchev–Trinajstić information content (AvgIpc) is 2.36. The number of rotatable bonds is 3. The van der Waals surface area contributed by atoms with Gasteiger partial charge in [-0.2, -0.15) is 0 Å². The van der Waals surface area contributed by atoms with Crippen LogP contribution in [0.4, 0.5) is 8.78 Å². The van der Waals surface area contributed by atoms with Gasteiger partial charge in [-0.25, -0.2) is 8.78 Å². The topological polar surface area (TPSA) is 20.2 Å². The predicted molar refractivity (Wildman–Crippen MR) is 71.5 cm³/mol. The van der Waals surface area contributed by atoms with Gasteiger partial charge < -0.3 is 5.11 Å². The van der Waals surface area contributed by atoms with Crippen molar-refractivity contribution in [3.05, 3.63) is 69.2 Å². The van der Waals surface area contributed by atoms with Crippen LogP contribution in [-0.2, 0) is 6.42 Å². The van der Waals surface area contributed by atoms with Crippen LogP contribution in [0.2, 0.25) is 10.0 Å². The molecule has 0 radical (unpaired) electrons. The molecular formula is C14H10Cl2F2O. The number of benzene rings is 2. The SMILES string of the molecule is OC(Cc1ccc(Cl)cc1F)c1ccc(Cl)c(F)c1. The Morgan fingerprint density at radius 3 is 2.37 bits per heavy atom. The number of aliphatic hydroxyl groups excluding tert-OH is 1. The van der Waals surface area contributed by atoms with E-state index in [4.69, 9.17) is 23.2 Å². The quantitative estimate of drug-likeness (QED) is 0.882. The molecule has 0 aliphatic carbocycles. The van der Waals surface area contributed by atoms with Gasteiger partial charge in [-0.3, -0.25) is 0 Å². The highest BCUT2D eigenvalue weighted by Gasteiger charge is 2.13. The van der Waals surface area contributed by atoms with Gasteiger partial charge >= 0.3 is 0 Å². The summed E-state index contributed by atoms with van der Waals surface area (Å²) in [6.45, 7) is 0. The van der Waals surface area contributed by atoms with Crippen molar-refractivity contribution in [3.63, 3.8) is 0 Å². The van der Waals surface area contributed by atoms with Crippen LogP contribution in [0.25, 0.3) is 0 Å². The van der Waals surface area contributed by atoms with Crippen molar-refractivity contribution in [1.82, 2.24) is 0 Å². The molecule has 5 heteroatoms. The molecular weight excluding hydrogens is 293 g/mol. The Labute approximate surface area is 119 Å². The Morgan fingerprint density at radius 1 is 1.00 bits per heavy atom. The summed E-state index contributed by atoms with van der Waals surface area (Å²) in [6, 6.07) is 8.20. The molecule has 0 aromatic heterocycles. The first kappa shape index (κ1) is 14.3. The van der Waals surface area contributed by atoms with Gasteiger partial charge in [0, 0.05) is 11.4 Å². The van der Waals surface area contributed by atoms with Crippen LogP contribution >= 0.6 is 23.2 Å². The monoisotopic (exact) mass is 302 g/mol. The number of hydrogen-bond donors (Lipinski definition) is 1. The van der Waals surface area contributed by atoms with Crippen molar-refractivity contribution in [3.8, 4) is 0 Å². The van der Waals surface area contributed by atoms with Gasteiger partial charge in [0.2, 0.25) is 0 Å². The van der Waals surface area contributed by atoms with E-state index in [9.17, 15) is 13.9 Å². The van der Waals surface area contributed by atoms with Crippen LogP contribution in [0.3, 0.4) is 0 Å². The van der Waals surface area contributed by atoms with E-state index < -0.39 is 17.7 Å². The van der Waals surface area contributed by atoms with E-state index in [0.29, 0.717) is 11.1 Å². The van der Waals surface area contributed by atoms with Gasteiger partial charge in [-0.15, -0.1) is 0 Å². The van der Waals surface area contributed by atoms with Crippen molar-refractivity contribution in [2.75, 3.05) is 0 Å². The van der Waals surface area contributed by atoms with Crippen molar-refractivity contribution in [2.24, 2.45) is 0 Å². The maximum absolute atomic E-state index is 13.6. The second-order valence-electron chi connectivity index (χ2n) is 4.13. The van der Waals surface area contributed by atoms with Gasteiger partial charge in [0.25, 0.3) is 0 Å². The Kier molecular flexibility index (Phi) is 4.40. The van der Waals surface area contributed by atoms with E-state index in [-0.39, 0.29) is 16.5 Å². The molecule has 0 amide bonds. The molecule has 0 saturated heterocycles. The maximum atomic E-state index is 13.6. The highest BCUT2D eigenvalue weighted by molar-refractivity contribution is 6.30. The van der Waals surface area contributed by atoms with Crippen molar-refractivity contribution in [2.45, 2.75) is 12.5 Å². The first-order valence-electron chi connectivity index (χ1n) is 5.54. The molecule has 0 bridgehead atoms. The van der Waals surface area contributed by atoms with Crippen molar-refractivity contribution in [1.29, 1.82) is 0 Å². The van der Waals surface area contributed by atoms with Gasteiger partial charge in [0.1, 0.15) is 11.6 Å². The molecule has 0 saturated carbocycles. The molecule has 1 atom stereocenters. The van der Waals surface area contributed by atoms with E-state index in [2.05, 4.69) is 0 Å². The fraction of sp³-hybridized carbons (Fsp3) is 0.143. The molecule has 1 unspecified atom stereocenters. The molecule has 2 rings (SSSR count). The molecule has 0 heterocycles. The fourth-order valence-corrected chi connectivity index (χ4v) is 2.01. The summed E-state index contributed by atoms with van der Waals surface area (Å²) in [5.41, 5.74) is 0.656. The highest BCUT2D eigenvalue weighted by Crippen LogP contribution is 2.24. The third kappa shape index (κ3) is 3.44. The predicted octanol–water partition coefficient (Wildman–Crippen LogP) is 4.55. The lowest BCUT2D eigenvalue weighted by Crippen LogP contribution is -2.04. The first-order chi connectivity index (χ1) is 8.97. The number of aliphatic hydroxyl groups is 1. The second-order valence-corrected chi connectivity index (χ2v) is 4.97. The smallest absolute Gasteiger partial charge is 0.142 e. The molecule has 0 aliphatic heterocycles. The van der Waals surface area contributed by atoms with Gasteiger partial charge in [0.05, 0.1) is 11.1 Å². The fourth-order valence-electron chi connectivity index (χ4n) is 1.73. The van der Waals surface area contributed by atoms with Crippen LogP contribution in [0.15, 0.2) is 36.4 Å². The zero-order valence-electron chi connectivity index (χ0n) is 9.71. The Hall–Kier alpha value is -1.16. The highest BCUT2D eigenvalue weighted by atomic mass is 35.5. The van der Waals surface area contributed by atoms with Gasteiger partial charge in [0.15, 0.2) is 0 Å². The molecule has 100 valence electrons. The Balaban J connectivity index is 2.20. The van der Waals surface area contributed by atoms with Crippen LogP contribution in [0, 0.1) is 11.6 Å². The normalized spacial score (nSPS) is 12.5. The lowest BCUT2D eigenvalue weighted by Gasteiger charge is -2.12. The molecule has 2 aromatic rings. The minimum Gasteiger partial charge on any atom is -0.388 e. The Bertz CT molecular complexity index is 602. The Morgan fingerprint density at radius 2 is 1.74 bits per heavy atom. The van der Waals surface area contributed by atoms with Gasteiger partial charge in [-0.1, -0.05) is 35.3 Å². The van der Waals surface area contributed by atoms with E-state index in [1.165, 1.54) is 30.3 Å². The van der Waals surface area contributed by atoms with Crippen LogP contribution in [0.1, 0.15) is 17.2 Å². The summed E-state index contributed by atoms with van der Waals surface area (Å²) < 4.78 is 26.9. The molecule has 0 fully saturated rings. The van der Waals surface area contributed by atoms with Crippen molar-refractivity contribution < 1.29 is 13.9 Å². The minimum absolute atomic E-state index is 0.0198. The molecule has 1 nitrogen and oxygen atoms in total. The minimum atomic E-state index is -1.01. The second kappa shape index (κ2) is 5.87. The number of hydrogen-bond acceptors (Lipinski definition) is 1. The van der Waals surface area contributed by atoms with E-state index in [1.807, 2.05) is 0 Å². The zero-order valence-corrected chi connectivity index (χ0v) is 11.2. The lowest BCUT2D eigenvalue weighted by molar-refractivity contribution is 0.176. The van der Waals surface area contributed by atoms with Crippen LogP contribution < -0.4 is 0 Å². The molecule has 19 heavy (non-hydrogen) atoms. The third-order valence-electron chi connectivity index (χ3n) is 2.76. The standard InChI is InChI=1S/C14H10Cl2F2O/c15-10-3-1-8(12(17)7-10)6-14(19)9-2-4-11(16)13(18)5-9/h1-5,7,14,19H,6H2. The van der Waals surface area contributed by atoms with E-state index in [0.717, 1.165) is 6.07 Å². The summed E-state index contributed by atoms with van der Waals surface area (Å²) in [5.74, 6) is -1.12. The van der Waals surface area contributed by atoms with Crippen LogP contribution in [-0.4, -0.2) is 5.11 Å². The van der Waals surface area contributed by atoms with Crippen molar-refractivity contribution >= 4 is 23.2 Å². The molecule has 0 aliphatic rings. The zero-order chi connectivity index (χ0) is 14.0.